The van der Waals surface area contributed by atoms with Gasteiger partial charge in [0, 0.05) is 30.5 Å². The van der Waals surface area contributed by atoms with E-state index in [-0.39, 0.29) is 18.4 Å². The molecule has 1 unspecified atom stereocenters. The van der Waals surface area contributed by atoms with Crippen molar-refractivity contribution < 1.29 is 9.90 Å². The van der Waals surface area contributed by atoms with E-state index in [2.05, 4.69) is 16.0 Å². The molecule has 0 radical (unpaired) electrons. The third-order valence-electron chi connectivity index (χ3n) is 6.09. The van der Waals surface area contributed by atoms with E-state index in [1.54, 1.807) is 28.0 Å². The minimum Gasteiger partial charge on any atom is -0.389 e. The highest BCUT2D eigenvalue weighted by molar-refractivity contribution is 5.98. The van der Waals surface area contributed by atoms with Crippen molar-refractivity contribution in [2.24, 2.45) is 11.7 Å². The van der Waals surface area contributed by atoms with Crippen LogP contribution < -0.4 is 10.6 Å². The fourth-order valence-electron chi connectivity index (χ4n) is 4.42. The number of urea groups is 1. The number of amidine groups is 1. The molecule has 4 N–H and O–H groups in total. The van der Waals surface area contributed by atoms with Gasteiger partial charge in [0.25, 0.3) is 0 Å². The molecule has 8 nitrogen and oxygen atoms in total. The van der Waals surface area contributed by atoms with Crippen LogP contribution in [-0.4, -0.2) is 70.6 Å². The van der Waals surface area contributed by atoms with Gasteiger partial charge in [0.05, 0.1) is 24.9 Å². The maximum atomic E-state index is 13.2. The first kappa shape index (κ1) is 21.3. The number of piperidine rings is 1. The van der Waals surface area contributed by atoms with Gasteiger partial charge >= 0.3 is 6.03 Å². The molecule has 2 aromatic rings. The van der Waals surface area contributed by atoms with Gasteiger partial charge in [0.2, 0.25) is 0 Å². The number of rotatable bonds is 6. The predicted molar refractivity (Wildman–Crippen MR) is 120 cm³/mol. The molecule has 4 rings (SSSR count). The zero-order valence-corrected chi connectivity index (χ0v) is 17.7. The van der Waals surface area contributed by atoms with Gasteiger partial charge in [0.15, 0.2) is 0 Å². The Balaban J connectivity index is 1.36. The molecule has 0 spiro atoms. The first-order valence-corrected chi connectivity index (χ1v) is 10.8. The molecule has 1 aromatic heterocycles. The number of β-amino-alcohol motifs (C(OH)–C–C–N with tert-alkyl or cyclic N) is 1. The van der Waals surface area contributed by atoms with Gasteiger partial charge < -0.3 is 15.7 Å². The summed E-state index contributed by atoms with van der Waals surface area (Å²) in [5.41, 5.74) is 7.90. The van der Waals surface area contributed by atoms with Crippen molar-refractivity contribution in [1.82, 2.24) is 14.8 Å². The molecule has 8 heteroatoms. The van der Waals surface area contributed by atoms with Crippen LogP contribution in [0.1, 0.15) is 24.1 Å². The number of carbonyl (C=O) groups is 1. The number of aromatic nitrogens is 1. The Bertz CT molecular complexity index is 913. The van der Waals surface area contributed by atoms with E-state index in [1.807, 2.05) is 24.4 Å². The summed E-state index contributed by atoms with van der Waals surface area (Å²) in [6.07, 6.45) is 3.26. The third-order valence-corrected chi connectivity index (χ3v) is 6.09. The fourth-order valence-corrected chi connectivity index (χ4v) is 4.42. The van der Waals surface area contributed by atoms with Crippen molar-refractivity contribution in [3.05, 3.63) is 59.9 Å². The largest absolute Gasteiger partial charge is 0.389 e. The number of benzene rings is 1. The minimum atomic E-state index is -0.608. The molecule has 2 aliphatic heterocycles. The van der Waals surface area contributed by atoms with Crippen molar-refractivity contribution in [2.45, 2.75) is 25.5 Å². The molecule has 2 fully saturated rings. The highest BCUT2D eigenvalue weighted by Crippen LogP contribution is 2.25. The summed E-state index contributed by atoms with van der Waals surface area (Å²) in [6, 6.07) is 13.0. The molecule has 1 atom stereocenters. The number of amides is 2. The van der Waals surface area contributed by atoms with E-state index < -0.39 is 6.10 Å². The maximum Gasteiger partial charge on any atom is 0.324 e. The molecule has 31 heavy (non-hydrogen) atoms. The lowest BCUT2D eigenvalue weighted by atomic mass is 9.95. The number of pyridine rings is 1. The summed E-state index contributed by atoms with van der Waals surface area (Å²) in [5, 5.41) is 18.1. The van der Waals surface area contributed by atoms with E-state index in [9.17, 15) is 9.90 Å². The average molecular weight is 423 g/mol. The van der Waals surface area contributed by atoms with Crippen LogP contribution in [0.3, 0.4) is 0 Å². The van der Waals surface area contributed by atoms with Crippen LogP contribution in [-0.2, 0) is 6.54 Å². The van der Waals surface area contributed by atoms with E-state index in [0.29, 0.717) is 30.3 Å². The van der Waals surface area contributed by atoms with E-state index >= 15 is 0 Å². The molecule has 0 bridgehead atoms. The number of carbonyl (C=O) groups excluding carboxylic acids is 1. The molecule has 2 amide bonds. The quantitative estimate of drug-likeness (QED) is 0.486. The van der Waals surface area contributed by atoms with Crippen molar-refractivity contribution in [3.63, 3.8) is 0 Å². The Hall–Kier alpha value is -2.97. The Morgan fingerprint density at radius 1 is 1.16 bits per heavy atom. The van der Waals surface area contributed by atoms with E-state index in [0.717, 1.165) is 38.2 Å². The van der Waals surface area contributed by atoms with Crippen molar-refractivity contribution in [2.75, 3.05) is 37.6 Å². The zero-order chi connectivity index (χ0) is 21.8. The lowest BCUT2D eigenvalue weighted by Crippen LogP contribution is -2.57. The van der Waals surface area contributed by atoms with E-state index in [4.69, 9.17) is 11.1 Å². The Labute approximate surface area is 182 Å². The predicted octanol–water partition coefficient (Wildman–Crippen LogP) is 1.88. The second kappa shape index (κ2) is 9.45. The molecule has 1 aromatic carbocycles. The number of anilines is 1. The SMILES string of the molecule is N=C(N)c1cccc(N2CC(O)CN(CC3CCN(Cc4ccccn4)CC3)C2=O)c1. The Morgan fingerprint density at radius 2 is 1.97 bits per heavy atom. The summed E-state index contributed by atoms with van der Waals surface area (Å²) in [6.45, 7) is 4.08. The fraction of sp³-hybridized carbons (Fsp3) is 0.435. The van der Waals surface area contributed by atoms with Crippen LogP contribution in [0.2, 0.25) is 0 Å². The summed E-state index contributed by atoms with van der Waals surface area (Å²) in [4.78, 5) is 23.4. The van der Waals surface area contributed by atoms with Gasteiger partial charge in [-0.15, -0.1) is 0 Å². The average Bonchev–Trinajstić information content (AvgIpc) is 2.78. The van der Waals surface area contributed by atoms with Gasteiger partial charge in [-0.3, -0.25) is 20.2 Å². The zero-order valence-electron chi connectivity index (χ0n) is 17.7. The highest BCUT2D eigenvalue weighted by atomic mass is 16.3. The number of nitrogens with two attached hydrogens (primary N) is 1. The Kier molecular flexibility index (Phi) is 6.48. The molecule has 0 aliphatic carbocycles. The van der Waals surface area contributed by atoms with Gasteiger partial charge in [0.1, 0.15) is 5.84 Å². The van der Waals surface area contributed by atoms with E-state index in [1.165, 1.54) is 0 Å². The van der Waals surface area contributed by atoms with Crippen molar-refractivity contribution in [3.8, 4) is 0 Å². The lowest BCUT2D eigenvalue weighted by Gasteiger charge is -2.41. The standard InChI is InChI=1S/C23H30N6O2/c24-22(25)18-4-3-6-20(12-18)29-16-21(30)15-28(23(29)31)13-17-7-10-27(11-8-17)14-19-5-1-2-9-26-19/h1-6,9,12,17,21,30H,7-8,10-11,13-16H2,(H3,24,25). The maximum absolute atomic E-state index is 13.2. The normalized spacial score (nSPS) is 20.8. The number of nitrogen functional groups attached to an aromatic ring is 1. The first-order valence-electron chi connectivity index (χ1n) is 10.8. The van der Waals surface area contributed by atoms with Crippen LogP contribution in [0.4, 0.5) is 10.5 Å². The monoisotopic (exact) mass is 422 g/mol. The minimum absolute atomic E-state index is 0.0406. The van der Waals surface area contributed by atoms with Crippen LogP contribution in [0.5, 0.6) is 0 Å². The molecule has 2 saturated heterocycles. The van der Waals surface area contributed by atoms with Crippen LogP contribution in [0.25, 0.3) is 0 Å². The lowest BCUT2D eigenvalue weighted by molar-refractivity contribution is 0.0873. The summed E-state index contributed by atoms with van der Waals surface area (Å²) >= 11 is 0. The van der Waals surface area contributed by atoms with Gasteiger partial charge in [-0.2, -0.15) is 0 Å². The third kappa shape index (κ3) is 5.21. The number of likely N-dealkylation sites (tertiary alicyclic amines) is 1. The van der Waals surface area contributed by atoms with Crippen LogP contribution in [0, 0.1) is 11.3 Å². The smallest absolute Gasteiger partial charge is 0.324 e. The second-order valence-corrected chi connectivity index (χ2v) is 8.46. The number of aliphatic hydroxyl groups is 1. The summed E-state index contributed by atoms with van der Waals surface area (Å²) < 4.78 is 0. The second-order valence-electron chi connectivity index (χ2n) is 8.46. The number of nitrogens with one attached hydrogen (secondary N) is 1. The van der Waals surface area contributed by atoms with Crippen LogP contribution >= 0.6 is 0 Å². The summed E-state index contributed by atoms with van der Waals surface area (Å²) in [7, 11) is 0. The molecule has 164 valence electrons. The molecular formula is C23H30N6O2. The Morgan fingerprint density at radius 3 is 2.68 bits per heavy atom. The number of hydrogen-bond donors (Lipinski definition) is 3. The molecule has 0 saturated carbocycles. The topological polar surface area (TPSA) is 110 Å². The van der Waals surface area contributed by atoms with Gasteiger partial charge in [-0.25, -0.2) is 4.79 Å². The molecule has 2 aliphatic rings. The molecular weight excluding hydrogens is 392 g/mol. The van der Waals surface area contributed by atoms with Crippen molar-refractivity contribution >= 4 is 17.6 Å². The number of nitrogens with zero attached hydrogens (tertiary/aromatic N) is 4. The van der Waals surface area contributed by atoms with Gasteiger partial charge in [-0.1, -0.05) is 18.2 Å². The van der Waals surface area contributed by atoms with Crippen LogP contribution in [0.15, 0.2) is 48.7 Å². The first-order chi connectivity index (χ1) is 15.0. The summed E-state index contributed by atoms with van der Waals surface area (Å²) in [5.74, 6) is 0.376. The molecule has 3 heterocycles. The van der Waals surface area contributed by atoms with Gasteiger partial charge in [-0.05, 0) is 56.1 Å². The number of hydrogen-bond acceptors (Lipinski definition) is 5. The number of aliphatic hydroxyl groups excluding tert-OH is 1. The highest BCUT2D eigenvalue weighted by Gasteiger charge is 2.34. The van der Waals surface area contributed by atoms with Crippen molar-refractivity contribution in [1.29, 1.82) is 5.41 Å².